The van der Waals surface area contributed by atoms with Crippen LogP contribution in [-0.2, 0) is 0 Å². The Bertz CT molecular complexity index is 973. The van der Waals surface area contributed by atoms with E-state index in [1.54, 1.807) is 6.34 Å². The molecular formula is C20H22N6. The number of benzene rings is 1. The first-order chi connectivity index (χ1) is 12.8. The fraction of sp³-hybridized carbons (Fsp3) is 0.300. The number of nitrogens with zero attached hydrogens (tertiary/aromatic N) is 3. The van der Waals surface area contributed by atoms with Crippen molar-refractivity contribution in [2.24, 2.45) is 10.7 Å². The Hall–Kier alpha value is -2.86. The summed E-state index contributed by atoms with van der Waals surface area (Å²) < 4.78 is 0. The van der Waals surface area contributed by atoms with E-state index in [-0.39, 0.29) is 6.17 Å². The maximum atomic E-state index is 6.36. The molecule has 4 heterocycles. The summed E-state index contributed by atoms with van der Waals surface area (Å²) in [4.78, 5) is 11.8. The van der Waals surface area contributed by atoms with E-state index in [4.69, 9.17) is 10.7 Å². The average molecular weight is 346 g/mol. The Kier molecular flexibility index (Phi) is 3.46. The average Bonchev–Trinajstić information content (AvgIpc) is 3.02. The minimum Gasteiger partial charge on any atom is -0.385 e. The number of pyridine rings is 1. The lowest BCUT2D eigenvalue weighted by Gasteiger charge is -2.36. The van der Waals surface area contributed by atoms with E-state index in [0.717, 1.165) is 41.4 Å². The maximum absolute atomic E-state index is 6.36. The Balaban J connectivity index is 1.69. The first-order valence-electron chi connectivity index (χ1n) is 9.06. The molecule has 2 unspecified atom stereocenters. The van der Waals surface area contributed by atoms with Gasteiger partial charge < -0.3 is 21.3 Å². The number of nitrogens with one attached hydrogen (secondary N) is 2. The second-order valence-electron chi connectivity index (χ2n) is 7.04. The number of piperidine rings is 1. The molecule has 0 saturated carbocycles. The molecule has 2 atom stereocenters. The summed E-state index contributed by atoms with van der Waals surface area (Å²) in [6, 6.07) is 10.9. The largest absolute Gasteiger partial charge is 0.385 e. The van der Waals surface area contributed by atoms with Crippen molar-refractivity contribution in [3.63, 3.8) is 0 Å². The van der Waals surface area contributed by atoms with Crippen LogP contribution in [0.25, 0.3) is 16.5 Å². The van der Waals surface area contributed by atoms with Gasteiger partial charge in [-0.3, -0.25) is 4.98 Å². The summed E-state index contributed by atoms with van der Waals surface area (Å²) in [5.41, 5.74) is 12.1. The highest BCUT2D eigenvalue weighted by atomic mass is 15.3. The van der Waals surface area contributed by atoms with Gasteiger partial charge in [0.2, 0.25) is 0 Å². The molecule has 4 N–H and O–H groups in total. The fourth-order valence-electron chi connectivity index (χ4n) is 4.30. The molecule has 6 nitrogen and oxygen atoms in total. The van der Waals surface area contributed by atoms with E-state index in [9.17, 15) is 0 Å². The Morgan fingerprint density at radius 1 is 1.31 bits per heavy atom. The lowest BCUT2D eigenvalue weighted by atomic mass is 9.94. The second-order valence-corrected chi connectivity index (χ2v) is 7.04. The van der Waals surface area contributed by atoms with Crippen LogP contribution in [0.2, 0.25) is 0 Å². The molecule has 3 aliphatic rings. The highest BCUT2D eigenvalue weighted by molar-refractivity contribution is 5.91. The number of hydrogen-bond acceptors (Lipinski definition) is 6. The van der Waals surface area contributed by atoms with Gasteiger partial charge in [0.25, 0.3) is 0 Å². The van der Waals surface area contributed by atoms with E-state index in [1.807, 2.05) is 31.4 Å². The van der Waals surface area contributed by atoms with Gasteiger partial charge >= 0.3 is 0 Å². The van der Waals surface area contributed by atoms with Gasteiger partial charge in [0.1, 0.15) is 5.82 Å². The zero-order valence-electron chi connectivity index (χ0n) is 14.7. The third-order valence-electron chi connectivity index (χ3n) is 5.62. The molecule has 132 valence electrons. The number of fused-ring (bicyclic) bond motifs is 4. The highest BCUT2D eigenvalue weighted by Crippen LogP contribution is 2.45. The standard InChI is InChI=1S/C20H22N6/c1-22-14-6-7-16-17(13-8-12-4-2-3-5-15(12)23-9-13)18-19(21)24-11-25-20(18)26(16)10-14/h2-5,8-9,11,14,20,22H,6-7,10,21H2,1H3,(H,24,25). The van der Waals surface area contributed by atoms with Crippen LogP contribution in [0, 0.1) is 0 Å². The van der Waals surface area contributed by atoms with Crippen LogP contribution in [0.3, 0.4) is 0 Å². The van der Waals surface area contributed by atoms with Gasteiger partial charge in [0, 0.05) is 46.6 Å². The molecule has 1 fully saturated rings. The van der Waals surface area contributed by atoms with Crippen LogP contribution in [0.15, 0.2) is 58.6 Å². The Labute approximate surface area is 152 Å². The number of aromatic nitrogens is 1. The molecule has 6 heteroatoms. The number of rotatable bonds is 2. The molecular weight excluding hydrogens is 324 g/mol. The molecule has 0 aliphatic carbocycles. The summed E-state index contributed by atoms with van der Waals surface area (Å²) in [6.07, 6.45) is 5.77. The zero-order chi connectivity index (χ0) is 17.7. The summed E-state index contributed by atoms with van der Waals surface area (Å²) in [6.45, 7) is 0.940. The molecule has 1 saturated heterocycles. The molecule has 3 aliphatic heterocycles. The molecule has 0 amide bonds. The van der Waals surface area contributed by atoms with E-state index in [2.05, 4.69) is 32.7 Å². The third kappa shape index (κ3) is 2.22. The van der Waals surface area contributed by atoms with Crippen molar-refractivity contribution in [1.29, 1.82) is 0 Å². The maximum Gasteiger partial charge on any atom is 0.152 e. The van der Waals surface area contributed by atoms with Gasteiger partial charge in [-0.15, -0.1) is 0 Å². The highest BCUT2D eigenvalue weighted by Gasteiger charge is 2.42. The lowest BCUT2D eigenvalue weighted by Crippen LogP contribution is -2.46. The van der Waals surface area contributed by atoms with E-state index in [1.165, 1.54) is 11.3 Å². The molecule has 1 aromatic carbocycles. The normalized spacial score (nSPS) is 24.7. The van der Waals surface area contributed by atoms with Crippen LogP contribution in [0.5, 0.6) is 0 Å². The van der Waals surface area contributed by atoms with Crippen molar-refractivity contribution in [2.75, 3.05) is 13.6 Å². The topological polar surface area (TPSA) is 78.6 Å². The monoisotopic (exact) mass is 346 g/mol. The summed E-state index contributed by atoms with van der Waals surface area (Å²) >= 11 is 0. The molecule has 26 heavy (non-hydrogen) atoms. The number of hydrogen-bond donors (Lipinski definition) is 3. The Morgan fingerprint density at radius 3 is 3.08 bits per heavy atom. The fourth-order valence-corrected chi connectivity index (χ4v) is 4.30. The number of aliphatic imine (C=N–C) groups is 1. The number of para-hydroxylation sites is 1. The third-order valence-corrected chi connectivity index (χ3v) is 5.62. The van der Waals surface area contributed by atoms with Crippen LogP contribution in [0.1, 0.15) is 18.4 Å². The second kappa shape index (κ2) is 5.85. The quantitative estimate of drug-likeness (QED) is 0.772. The molecule has 1 aromatic heterocycles. The van der Waals surface area contributed by atoms with Crippen molar-refractivity contribution in [1.82, 2.24) is 20.5 Å². The van der Waals surface area contributed by atoms with Crippen molar-refractivity contribution < 1.29 is 0 Å². The SMILES string of the molecule is CNC1CCC2=C(c3cnc4ccccc4c3)C3=C(N)NC=NC3N2C1. The zero-order valence-corrected chi connectivity index (χ0v) is 14.7. The lowest BCUT2D eigenvalue weighted by molar-refractivity contribution is 0.227. The summed E-state index contributed by atoms with van der Waals surface area (Å²) in [7, 11) is 2.03. The number of allylic oxidation sites excluding steroid dienone is 1. The van der Waals surface area contributed by atoms with Crippen molar-refractivity contribution in [3.8, 4) is 0 Å². The van der Waals surface area contributed by atoms with Gasteiger partial charge in [0.15, 0.2) is 6.17 Å². The molecule has 0 bridgehead atoms. The molecule has 2 aromatic rings. The van der Waals surface area contributed by atoms with Gasteiger partial charge in [0.05, 0.1) is 11.9 Å². The van der Waals surface area contributed by atoms with E-state index < -0.39 is 0 Å². The molecule has 0 spiro atoms. The number of likely N-dealkylation sites (N-methyl/N-ethyl adjacent to an activating group) is 1. The van der Waals surface area contributed by atoms with Crippen LogP contribution in [-0.4, -0.2) is 42.0 Å². The smallest absolute Gasteiger partial charge is 0.152 e. The van der Waals surface area contributed by atoms with Gasteiger partial charge in [-0.25, -0.2) is 4.99 Å². The first kappa shape index (κ1) is 15.4. The summed E-state index contributed by atoms with van der Waals surface area (Å²) in [5.74, 6) is 0.691. The minimum absolute atomic E-state index is 0.0381. The Morgan fingerprint density at radius 2 is 2.19 bits per heavy atom. The molecule has 5 rings (SSSR count). The predicted octanol–water partition coefficient (Wildman–Crippen LogP) is 1.77. The van der Waals surface area contributed by atoms with Crippen LogP contribution >= 0.6 is 0 Å². The van der Waals surface area contributed by atoms with Gasteiger partial charge in [-0.2, -0.15) is 0 Å². The van der Waals surface area contributed by atoms with Crippen molar-refractivity contribution >= 4 is 22.8 Å². The summed E-state index contributed by atoms with van der Waals surface area (Å²) in [5, 5.41) is 7.65. The number of nitrogens with two attached hydrogens (primary N) is 1. The van der Waals surface area contributed by atoms with Crippen molar-refractivity contribution in [3.05, 3.63) is 59.2 Å². The van der Waals surface area contributed by atoms with E-state index >= 15 is 0 Å². The van der Waals surface area contributed by atoms with E-state index in [0.29, 0.717) is 11.9 Å². The predicted molar refractivity (Wildman–Crippen MR) is 104 cm³/mol. The van der Waals surface area contributed by atoms with Crippen molar-refractivity contribution in [2.45, 2.75) is 25.0 Å². The van der Waals surface area contributed by atoms with Crippen LogP contribution < -0.4 is 16.4 Å². The van der Waals surface area contributed by atoms with Gasteiger partial charge in [-0.1, -0.05) is 18.2 Å². The molecule has 0 radical (unpaired) electrons. The van der Waals surface area contributed by atoms with Gasteiger partial charge in [-0.05, 0) is 32.0 Å². The first-order valence-corrected chi connectivity index (χ1v) is 9.06. The van der Waals surface area contributed by atoms with Crippen LogP contribution in [0.4, 0.5) is 0 Å². The minimum atomic E-state index is -0.0381.